The van der Waals surface area contributed by atoms with Crippen LogP contribution in [0.25, 0.3) is 38.7 Å². The molecular weight excluding hydrogens is 365 g/mol. The average molecular weight is 381 g/mol. The van der Waals surface area contributed by atoms with Gasteiger partial charge >= 0.3 is 0 Å². The molecule has 29 heavy (non-hydrogen) atoms. The molecule has 0 unspecified atom stereocenters. The van der Waals surface area contributed by atoms with Gasteiger partial charge in [-0.15, -0.1) is 0 Å². The summed E-state index contributed by atoms with van der Waals surface area (Å²) in [6, 6.07) is 24.9. The van der Waals surface area contributed by atoms with E-state index in [4.69, 9.17) is 4.52 Å². The van der Waals surface area contributed by atoms with Gasteiger partial charge in [0.2, 0.25) is 0 Å². The van der Waals surface area contributed by atoms with E-state index in [2.05, 4.69) is 62.8 Å². The zero-order chi connectivity index (χ0) is 19.4. The molecule has 0 aliphatic heterocycles. The van der Waals surface area contributed by atoms with Crippen LogP contribution in [-0.4, -0.2) is 14.1 Å². The number of benzene rings is 3. The largest absolute Gasteiger partial charge is 0.359 e. The van der Waals surface area contributed by atoms with Crippen LogP contribution in [-0.2, 0) is 6.54 Å². The Morgan fingerprint density at radius 3 is 2.48 bits per heavy atom. The van der Waals surface area contributed by atoms with Crippen molar-refractivity contribution in [3.63, 3.8) is 0 Å². The summed E-state index contributed by atoms with van der Waals surface area (Å²) in [5, 5.41) is 6.59. The van der Waals surface area contributed by atoms with Gasteiger partial charge in [-0.2, -0.15) is 0 Å². The van der Waals surface area contributed by atoms with Gasteiger partial charge in [-0.3, -0.25) is 4.40 Å². The molecular formula is C24H16FN3O. The quantitative estimate of drug-likeness (QED) is 0.383. The molecule has 0 fully saturated rings. The molecule has 0 aliphatic rings. The van der Waals surface area contributed by atoms with Gasteiger partial charge in [0, 0.05) is 28.6 Å². The molecule has 4 nitrogen and oxygen atoms in total. The van der Waals surface area contributed by atoms with Crippen molar-refractivity contribution >= 4 is 27.5 Å². The molecule has 0 amide bonds. The van der Waals surface area contributed by atoms with Crippen LogP contribution in [0.2, 0.25) is 0 Å². The molecule has 0 saturated carbocycles. The fourth-order valence-corrected chi connectivity index (χ4v) is 4.07. The van der Waals surface area contributed by atoms with E-state index in [0.717, 1.165) is 28.0 Å². The molecule has 0 aliphatic carbocycles. The van der Waals surface area contributed by atoms with E-state index in [0.29, 0.717) is 12.2 Å². The minimum absolute atomic E-state index is 0.265. The molecule has 5 heteroatoms. The first-order valence-electron chi connectivity index (χ1n) is 9.46. The highest BCUT2D eigenvalue weighted by atomic mass is 19.1. The highest BCUT2D eigenvalue weighted by Crippen LogP contribution is 2.30. The van der Waals surface area contributed by atoms with Crippen LogP contribution in [0.5, 0.6) is 0 Å². The predicted molar refractivity (Wildman–Crippen MR) is 111 cm³/mol. The van der Waals surface area contributed by atoms with E-state index < -0.39 is 0 Å². The zero-order valence-corrected chi connectivity index (χ0v) is 15.4. The third kappa shape index (κ3) is 2.48. The lowest BCUT2D eigenvalue weighted by Crippen LogP contribution is -1.98. The second kappa shape index (κ2) is 6.07. The van der Waals surface area contributed by atoms with Crippen molar-refractivity contribution in [3.8, 4) is 11.3 Å². The van der Waals surface area contributed by atoms with Gasteiger partial charge in [-0.25, -0.2) is 4.39 Å². The Morgan fingerprint density at radius 1 is 0.862 bits per heavy atom. The average Bonchev–Trinajstić information content (AvgIpc) is 3.44. The maximum absolute atomic E-state index is 13.2. The molecule has 0 saturated heterocycles. The minimum atomic E-state index is -0.265. The van der Waals surface area contributed by atoms with Gasteiger partial charge in [0.25, 0.3) is 0 Å². The lowest BCUT2D eigenvalue weighted by atomic mass is 10.1. The predicted octanol–water partition coefficient (Wildman–Crippen LogP) is 5.89. The molecule has 0 spiro atoms. The van der Waals surface area contributed by atoms with E-state index >= 15 is 0 Å². The third-order valence-corrected chi connectivity index (χ3v) is 5.40. The van der Waals surface area contributed by atoms with Crippen LogP contribution in [0.1, 0.15) is 5.76 Å². The Hall–Kier alpha value is -3.86. The fraction of sp³-hybridized carbons (Fsp3) is 0.0417. The summed E-state index contributed by atoms with van der Waals surface area (Å²) in [4.78, 5) is 0. The minimum Gasteiger partial charge on any atom is -0.359 e. The van der Waals surface area contributed by atoms with Crippen molar-refractivity contribution in [1.29, 1.82) is 0 Å². The maximum Gasteiger partial charge on any atom is 0.157 e. The standard InChI is InChI=1S/C24H16FN3O/c25-18-11-9-16(10-12-18)21-13-19(29-26-21)15-28-23-8-4-3-7-22(23)27-14-17-5-1-2-6-20(17)24(27)28/h1-14H,15H2. The van der Waals surface area contributed by atoms with Gasteiger partial charge in [0.1, 0.15) is 17.2 Å². The van der Waals surface area contributed by atoms with Crippen molar-refractivity contribution < 1.29 is 8.91 Å². The van der Waals surface area contributed by atoms with E-state index in [1.165, 1.54) is 22.9 Å². The summed E-state index contributed by atoms with van der Waals surface area (Å²) in [5.41, 5.74) is 4.94. The molecule has 0 atom stereocenters. The summed E-state index contributed by atoms with van der Waals surface area (Å²) >= 11 is 0. The van der Waals surface area contributed by atoms with Crippen molar-refractivity contribution in [2.75, 3.05) is 0 Å². The highest BCUT2D eigenvalue weighted by Gasteiger charge is 2.16. The van der Waals surface area contributed by atoms with E-state index in [-0.39, 0.29) is 5.82 Å². The molecule has 0 bridgehead atoms. The van der Waals surface area contributed by atoms with E-state index in [9.17, 15) is 4.39 Å². The van der Waals surface area contributed by atoms with Crippen LogP contribution < -0.4 is 0 Å². The fourth-order valence-electron chi connectivity index (χ4n) is 4.07. The van der Waals surface area contributed by atoms with E-state index in [1.54, 1.807) is 12.1 Å². The van der Waals surface area contributed by atoms with Crippen molar-refractivity contribution in [1.82, 2.24) is 14.1 Å². The summed E-state index contributed by atoms with van der Waals surface area (Å²) < 4.78 is 23.3. The number of imidazole rings is 1. The van der Waals surface area contributed by atoms with Crippen LogP contribution in [0.4, 0.5) is 4.39 Å². The number of hydrogen-bond acceptors (Lipinski definition) is 2. The SMILES string of the molecule is Fc1ccc(-c2cc(Cn3c4ccccc4n4cc5ccccc5c34)on2)cc1. The van der Waals surface area contributed by atoms with Crippen LogP contribution in [0, 0.1) is 5.82 Å². The number of fused-ring (bicyclic) bond motifs is 5. The van der Waals surface area contributed by atoms with Crippen molar-refractivity contribution in [2.24, 2.45) is 0 Å². The first-order valence-corrected chi connectivity index (χ1v) is 9.46. The van der Waals surface area contributed by atoms with Crippen molar-refractivity contribution in [3.05, 3.63) is 96.6 Å². The van der Waals surface area contributed by atoms with Crippen LogP contribution in [0.15, 0.2) is 89.6 Å². The normalized spacial score (nSPS) is 11.8. The first-order chi connectivity index (χ1) is 14.3. The van der Waals surface area contributed by atoms with Crippen molar-refractivity contribution in [2.45, 2.75) is 6.54 Å². The van der Waals surface area contributed by atoms with Gasteiger partial charge in [-0.05, 0) is 36.4 Å². The molecule has 140 valence electrons. The number of hydrogen-bond donors (Lipinski definition) is 0. The number of rotatable bonds is 3. The molecule has 3 heterocycles. The van der Waals surface area contributed by atoms with Gasteiger partial charge < -0.3 is 9.09 Å². The molecule has 3 aromatic carbocycles. The summed E-state index contributed by atoms with van der Waals surface area (Å²) in [6.45, 7) is 0.555. The number of halogens is 1. The summed E-state index contributed by atoms with van der Waals surface area (Å²) in [5.74, 6) is 0.483. The first kappa shape index (κ1) is 16.1. The highest BCUT2D eigenvalue weighted by molar-refractivity contribution is 6.00. The Balaban J connectivity index is 1.51. The number of nitrogens with zero attached hydrogens (tertiary/aromatic N) is 3. The van der Waals surface area contributed by atoms with Crippen LogP contribution >= 0.6 is 0 Å². The van der Waals surface area contributed by atoms with Crippen LogP contribution in [0.3, 0.4) is 0 Å². The van der Waals surface area contributed by atoms with Gasteiger partial charge in [0.15, 0.2) is 5.76 Å². The molecule has 0 radical (unpaired) electrons. The number of para-hydroxylation sites is 2. The molecule has 3 aromatic heterocycles. The Labute approximate surface area is 165 Å². The Kier molecular flexibility index (Phi) is 3.38. The topological polar surface area (TPSA) is 35.4 Å². The Morgan fingerprint density at radius 2 is 1.62 bits per heavy atom. The summed E-state index contributed by atoms with van der Waals surface area (Å²) in [6.07, 6.45) is 2.17. The third-order valence-electron chi connectivity index (χ3n) is 5.40. The molecule has 6 rings (SSSR count). The van der Waals surface area contributed by atoms with Gasteiger partial charge in [-0.1, -0.05) is 41.6 Å². The second-order valence-electron chi connectivity index (χ2n) is 7.17. The maximum atomic E-state index is 13.2. The number of aromatic nitrogens is 3. The van der Waals surface area contributed by atoms with Gasteiger partial charge in [0.05, 0.1) is 17.6 Å². The Bertz CT molecular complexity index is 1480. The molecule has 0 N–H and O–H groups in total. The monoisotopic (exact) mass is 381 g/mol. The molecule has 6 aromatic rings. The smallest absolute Gasteiger partial charge is 0.157 e. The second-order valence-corrected chi connectivity index (χ2v) is 7.17. The summed E-state index contributed by atoms with van der Waals surface area (Å²) in [7, 11) is 0. The lowest BCUT2D eigenvalue weighted by Gasteiger charge is -2.03. The van der Waals surface area contributed by atoms with E-state index in [1.807, 2.05) is 12.1 Å². The zero-order valence-electron chi connectivity index (χ0n) is 15.4. The lowest BCUT2D eigenvalue weighted by molar-refractivity contribution is 0.380.